The normalized spacial score (nSPS) is 24.6. The second-order valence-corrected chi connectivity index (χ2v) is 13.2. The second-order valence-electron chi connectivity index (χ2n) is 13.2. The number of carbonyl (C=O) groups is 4. The van der Waals surface area contributed by atoms with E-state index in [1.807, 2.05) is 24.4 Å². The highest BCUT2D eigenvalue weighted by Gasteiger charge is 2.49. The van der Waals surface area contributed by atoms with Crippen molar-refractivity contribution in [3.05, 3.63) is 59.4 Å². The first-order valence-electron chi connectivity index (χ1n) is 15.4. The Morgan fingerprint density at radius 2 is 1.79 bits per heavy atom. The molecule has 5 aliphatic rings. The number of hydrogen-bond donors (Lipinski definition) is 1. The van der Waals surface area contributed by atoms with Gasteiger partial charge in [-0.05, 0) is 68.0 Å². The molecule has 1 atom stereocenters. The van der Waals surface area contributed by atoms with Gasteiger partial charge in [0.05, 0.1) is 17.9 Å². The van der Waals surface area contributed by atoms with E-state index in [2.05, 4.69) is 40.2 Å². The quantitative estimate of drug-likeness (QED) is 0.466. The van der Waals surface area contributed by atoms with Crippen molar-refractivity contribution in [2.45, 2.75) is 82.2 Å². The average Bonchev–Trinajstić information content (AvgIpc) is 3.53. The fourth-order valence-electron chi connectivity index (χ4n) is 7.92. The minimum absolute atomic E-state index is 0.146. The van der Waals surface area contributed by atoms with Crippen molar-refractivity contribution in [1.29, 1.82) is 0 Å². The molecule has 2 saturated heterocycles. The molecule has 2 aromatic carbocycles. The van der Waals surface area contributed by atoms with Crippen LogP contribution in [0.4, 0.5) is 5.69 Å². The van der Waals surface area contributed by atoms with Crippen molar-refractivity contribution >= 4 is 40.1 Å². The molecule has 0 radical (unpaired) electrons. The smallest absolute Gasteiger partial charge is 0.259 e. The molecular weight excluding hydrogens is 530 g/mol. The van der Waals surface area contributed by atoms with Gasteiger partial charge in [0.1, 0.15) is 6.04 Å². The summed E-state index contributed by atoms with van der Waals surface area (Å²) in [5.74, 6) is -0.564. The zero-order valence-corrected chi connectivity index (χ0v) is 23.9. The van der Waals surface area contributed by atoms with Crippen molar-refractivity contribution < 1.29 is 19.2 Å². The van der Waals surface area contributed by atoms with E-state index in [4.69, 9.17) is 5.10 Å². The van der Waals surface area contributed by atoms with E-state index in [-0.39, 0.29) is 35.1 Å². The highest BCUT2D eigenvalue weighted by molar-refractivity contribution is 6.27. The largest absolute Gasteiger partial charge is 0.342 e. The Balaban J connectivity index is 1.07. The standard InChI is InChI=1S/C33H35N5O4/c1-32(12-3-13-32)31(42)36-16-10-21(11-17-36)37-19-20(18-34-37)33(14-15-33)24-6-7-25-28-22(24)4-2-5-23(28)30(41)38(25)26-8-9-27(39)35-29(26)40/h2,4-7,18-19,21,26H,3,8-17H2,1H3,(H,35,39,40). The van der Waals surface area contributed by atoms with Gasteiger partial charge in [0.2, 0.25) is 17.7 Å². The first kappa shape index (κ1) is 25.7. The van der Waals surface area contributed by atoms with E-state index >= 15 is 0 Å². The van der Waals surface area contributed by atoms with Gasteiger partial charge < -0.3 is 4.90 Å². The van der Waals surface area contributed by atoms with E-state index in [0.717, 1.165) is 74.5 Å². The summed E-state index contributed by atoms with van der Waals surface area (Å²) in [5, 5.41) is 9.15. The van der Waals surface area contributed by atoms with E-state index in [1.165, 1.54) is 11.1 Å². The van der Waals surface area contributed by atoms with Gasteiger partial charge in [-0.1, -0.05) is 31.5 Å². The van der Waals surface area contributed by atoms with Crippen LogP contribution in [0.3, 0.4) is 0 Å². The van der Waals surface area contributed by atoms with Crippen molar-refractivity contribution in [1.82, 2.24) is 20.0 Å². The first-order chi connectivity index (χ1) is 20.3. The third-order valence-corrected chi connectivity index (χ3v) is 10.8. The second kappa shape index (κ2) is 8.99. The maximum Gasteiger partial charge on any atom is 0.259 e. The van der Waals surface area contributed by atoms with Crippen LogP contribution in [0.5, 0.6) is 0 Å². The molecule has 4 amide bonds. The molecule has 1 N–H and O–H groups in total. The number of hydrogen-bond acceptors (Lipinski definition) is 5. The van der Waals surface area contributed by atoms with Crippen LogP contribution in [-0.2, 0) is 19.8 Å². The molecule has 4 heterocycles. The van der Waals surface area contributed by atoms with Gasteiger partial charge in [0.25, 0.3) is 5.91 Å². The Morgan fingerprint density at radius 3 is 2.48 bits per heavy atom. The van der Waals surface area contributed by atoms with E-state index in [1.54, 1.807) is 4.90 Å². The molecule has 42 heavy (non-hydrogen) atoms. The molecule has 0 spiro atoms. The van der Waals surface area contributed by atoms with Crippen LogP contribution in [0, 0.1) is 5.41 Å². The molecule has 9 heteroatoms. The lowest BCUT2D eigenvalue weighted by molar-refractivity contribution is -0.147. The SMILES string of the molecule is CC1(C(=O)N2CCC(n3cc(C4(c5ccc6c7c(cccc57)C(=O)N6C5CCC(=O)NC5=O)CC4)cn3)CC2)CCC1. The number of carbonyl (C=O) groups excluding carboxylic acids is 4. The van der Waals surface area contributed by atoms with E-state index < -0.39 is 11.9 Å². The molecule has 2 saturated carbocycles. The maximum absolute atomic E-state index is 13.6. The average molecular weight is 566 g/mol. The monoisotopic (exact) mass is 565 g/mol. The predicted molar refractivity (Wildman–Crippen MR) is 156 cm³/mol. The van der Waals surface area contributed by atoms with Crippen molar-refractivity contribution in [2.24, 2.45) is 5.41 Å². The lowest BCUT2D eigenvalue weighted by Gasteiger charge is -2.43. The number of nitrogens with one attached hydrogen (secondary N) is 1. The van der Waals surface area contributed by atoms with Crippen LogP contribution in [0.1, 0.15) is 92.2 Å². The highest BCUT2D eigenvalue weighted by Crippen LogP contribution is 2.57. The fraction of sp³-hybridized carbons (Fsp3) is 0.485. The summed E-state index contributed by atoms with van der Waals surface area (Å²) in [6, 6.07) is 9.53. The van der Waals surface area contributed by atoms with Crippen LogP contribution in [0.15, 0.2) is 42.7 Å². The van der Waals surface area contributed by atoms with Crippen LogP contribution < -0.4 is 10.2 Å². The molecule has 1 aromatic heterocycles. The van der Waals surface area contributed by atoms with Crippen LogP contribution in [0.25, 0.3) is 10.8 Å². The van der Waals surface area contributed by atoms with Crippen LogP contribution >= 0.6 is 0 Å². The number of anilines is 1. The Kier molecular flexibility index (Phi) is 5.50. The minimum atomic E-state index is -0.692. The third kappa shape index (κ3) is 3.64. The Labute approximate surface area is 244 Å². The molecule has 8 rings (SSSR count). The van der Waals surface area contributed by atoms with Crippen molar-refractivity contribution in [3.63, 3.8) is 0 Å². The van der Waals surface area contributed by atoms with E-state index in [9.17, 15) is 19.2 Å². The molecular formula is C33H35N5O4. The summed E-state index contributed by atoms with van der Waals surface area (Å²) in [6.45, 7) is 3.68. The summed E-state index contributed by atoms with van der Waals surface area (Å²) in [5.41, 5.74) is 3.43. The van der Waals surface area contributed by atoms with Crippen LogP contribution in [-0.4, -0.2) is 57.4 Å². The summed E-state index contributed by atoms with van der Waals surface area (Å²) < 4.78 is 2.11. The summed E-state index contributed by atoms with van der Waals surface area (Å²) in [4.78, 5) is 54.7. The number of nitrogens with zero attached hydrogens (tertiary/aromatic N) is 4. The van der Waals surface area contributed by atoms with Gasteiger partial charge in [-0.3, -0.25) is 34.1 Å². The van der Waals surface area contributed by atoms with Gasteiger partial charge >= 0.3 is 0 Å². The lowest BCUT2D eigenvalue weighted by atomic mass is 9.69. The first-order valence-corrected chi connectivity index (χ1v) is 15.4. The number of imide groups is 1. The third-order valence-electron chi connectivity index (χ3n) is 10.8. The molecule has 0 bridgehead atoms. The summed E-state index contributed by atoms with van der Waals surface area (Å²) in [7, 11) is 0. The van der Waals surface area contributed by atoms with Gasteiger partial charge in [0, 0.05) is 53.1 Å². The zero-order valence-electron chi connectivity index (χ0n) is 23.9. The van der Waals surface area contributed by atoms with Gasteiger partial charge in [-0.2, -0.15) is 5.10 Å². The highest BCUT2D eigenvalue weighted by atomic mass is 16.2. The molecule has 4 fully saturated rings. The molecule has 3 aliphatic heterocycles. The summed E-state index contributed by atoms with van der Waals surface area (Å²) in [6.07, 6.45) is 11.8. The fourth-order valence-corrected chi connectivity index (χ4v) is 7.92. The zero-order chi connectivity index (χ0) is 28.8. The van der Waals surface area contributed by atoms with Gasteiger partial charge in [-0.25, -0.2) is 0 Å². The van der Waals surface area contributed by atoms with Gasteiger partial charge in [0.15, 0.2) is 0 Å². The Hall–Kier alpha value is -4.01. The molecule has 1 unspecified atom stereocenters. The molecule has 9 nitrogen and oxygen atoms in total. The Morgan fingerprint density at radius 1 is 1.00 bits per heavy atom. The topological polar surface area (TPSA) is 105 Å². The van der Waals surface area contributed by atoms with Gasteiger partial charge in [-0.15, -0.1) is 0 Å². The predicted octanol–water partition coefficient (Wildman–Crippen LogP) is 4.24. The van der Waals surface area contributed by atoms with Crippen molar-refractivity contribution in [3.8, 4) is 0 Å². The molecule has 2 aliphatic carbocycles. The summed E-state index contributed by atoms with van der Waals surface area (Å²) >= 11 is 0. The number of likely N-dealkylation sites (tertiary alicyclic amines) is 1. The number of benzene rings is 2. The van der Waals surface area contributed by atoms with Crippen molar-refractivity contribution in [2.75, 3.05) is 18.0 Å². The minimum Gasteiger partial charge on any atom is -0.342 e. The molecule has 3 aromatic rings. The number of piperidine rings is 2. The Bertz CT molecular complexity index is 1670. The van der Waals surface area contributed by atoms with Crippen LogP contribution in [0.2, 0.25) is 0 Å². The van der Waals surface area contributed by atoms with E-state index in [0.29, 0.717) is 17.9 Å². The number of amides is 4. The number of rotatable bonds is 5. The maximum atomic E-state index is 13.6. The molecule has 216 valence electrons. The number of aromatic nitrogens is 2. The lowest BCUT2D eigenvalue weighted by Crippen LogP contribution is -2.53.